The monoisotopic (exact) mass is 266 g/mol. The van der Waals surface area contributed by atoms with Gasteiger partial charge in [-0.05, 0) is 32.7 Å². The fourth-order valence-electron chi connectivity index (χ4n) is 2.22. The van der Waals surface area contributed by atoms with Crippen molar-refractivity contribution in [3.05, 3.63) is 0 Å². The van der Waals surface area contributed by atoms with Gasteiger partial charge in [0, 0.05) is 19.0 Å². The Kier molecular flexibility index (Phi) is 5.91. The molecule has 0 aromatic heterocycles. The van der Waals surface area contributed by atoms with Crippen LogP contribution in [0.1, 0.15) is 39.0 Å². The van der Waals surface area contributed by atoms with Crippen molar-refractivity contribution in [2.24, 2.45) is 0 Å². The number of amides is 1. The molecule has 106 valence electrons. The van der Waals surface area contributed by atoms with Crippen LogP contribution in [0.5, 0.6) is 0 Å². The van der Waals surface area contributed by atoms with Crippen molar-refractivity contribution in [3.63, 3.8) is 0 Å². The molecular weight excluding hydrogens is 245 g/mol. The van der Waals surface area contributed by atoms with Crippen molar-refractivity contribution < 1.29 is 18.0 Å². The van der Waals surface area contributed by atoms with E-state index in [2.05, 4.69) is 5.32 Å². The van der Waals surface area contributed by atoms with Crippen LogP contribution in [0.25, 0.3) is 0 Å². The van der Waals surface area contributed by atoms with E-state index in [0.29, 0.717) is 6.42 Å². The van der Waals surface area contributed by atoms with Gasteiger partial charge in [-0.1, -0.05) is 6.42 Å². The molecule has 0 radical (unpaired) electrons. The molecule has 0 spiro atoms. The Morgan fingerprint density at radius 3 is 2.61 bits per heavy atom. The van der Waals surface area contributed by atoms with Crippen molar-refractivity contribution in [2.75, 3.05) is 19.6 Å². The number of hydrogen-bond acceptors (Lipinski definition) is 2. The third-order valence-electron chi connectivity index (χ3n) is 3.22. The summed E-state index contributed by atoms with van der Waals surface area (Å²) in [6.07, 6.45) is -0.201. The smallest absolute Gasteiger partial charge is 0.334 e. The number of halogens is 3. The first-order valence-electron chi connectivity index (χ1n) is 6.50. The molecule has 0 aliphatic carbocycles. The van der Waals surface area contributed by atoms with E-state index in [9.17, 15) is 18.0 Å². The number of piperidine rings is 1. The Labute approximate surface area is 106 Å². The molecular formula is C12H21F3N2O. The van der Waals surface area contributed by atoms with E-state index in [1.165, 1.54) is 0 Å². The number of carbonyl (C=O) groups is 1. The first-order chi connectivity index (χ1) is 8.42. The second kappa shape index (κ2) is 6.97. The minimum atomic E-state index is -4.31. The maximum absolute atomic E-state index is 12.2. The molecule has 1 unspecified atom stereocenters. The van der Waals surface area contributed by atoms with Crippen LogP contribution in [0.15, 0.2) is 0 Å². The predicted octanol–water partition coefficient (Wildman–Crippen LogP) is 2.32. The highest BCUT2D eigenvalue weighted by Gasteiger charge is 2.32. The lowest BCUT2D eigenvalue weighted by molar-refractivity contribution is -0.160. The Morgan fingerprint density at radius 2 is 2.11 bits per heavy atom. The topological polar surface area (TPSA) is 32.3 Å². The Balaban J connectivity index is 2.32. The van der Waals surface area contributed by atoms with Gasteiger partial charge in [-0.2, -0.15) is 13.2 Å². The van der Waals surface area contributed by atoms with Crippen molar-refractivity contribution in [3.8, 4) is 0 Å². The van der Waals surface area contributed by atoms with Crippen LogP contribution in [0.4, 0.5) is 13.2 Å². The number of rotatable bonds is 5. The molecule has 6 heteroatoms. The van der Waals surface area contributed by atoms with Gasteiger partial charge in [-0.25, -0.2) is 0 Å². The van der Waals surface area contributed by atoms with E-state index >= 15 is 0 Å². The van der Waals surface area contributed by atoms with Gasteiger partial charge in [-0.15, -0.1) is 0 Å². The second-order valence-electron chi connectivity index (χ2n) is 4.71. The summed E-state index contributed by atoms with van der Waals surface area (Å²) >= 11 is 0. The van der Waals surface area contributed by atoms with Crippen molar-refractivity contribution in [2.45, 2.75) is 51.2 Å². The van der Waals surface area contributed by atoms with Gasteiger partial charge in [0.05, 0.1) is 0 Å². The third kappa shape index (κ3) is 5.71. The molecule has 1 saturated heterocycles. The van der Waals surface area contributed by atoms with Gasteiger partial charge >= 0.3 is 6.18 Å². The fourth-order valence-corrected chi connectivity index (χ4v) is 2.22. The normalized spacial score (nSPS) is 20.8. The SMILES string of the molecule is CCN(CC(F)(F)F)C(=O)CCC1CCCCN1. The van der Waals surface area contributed by atoms with Gasteiger partial charge in [0.15, 0.2) is 0 Å². The summed E-state index contributed by atoms with van der Waals surface area (Å²) in [5.74, 6) is -0.401. The van der Waals surface area contributed by atoms with Crippen molar-refractivity contribution in [1.82, 2.24) is 10.2 Å². The zero-order valence-corrected chi connectivity index (χ0v) is 10.7. The largest absolute Gasteiger partial charge is 0.406 e. The molecule has 1 heterocycles. The van der Waals surface area contributed by atoms with Gasteiger partial charge in [-0.3, -0.25) is 4.79 Å². The average Bonchev–Trinajstić information content (AvgIpc) is 2.33. The molecule has 1 aliphatic heterocycles. The van der Waals surface area contributed by atoms with Crippen LogP contribution in [-0.2, 0) is 4.79 Å². The Hall–Kier alpha value is -0.780. The highest BCUT2D eigenvalue weighted by atomic mass is 19.4. The van der Waals surface area contributed by atoms with E-state index in [1.807, 2.05) is 0 Å². The maximum Gasteiger partial charge on any atom is 0.406 e. The van der Waals surface area contributed by atoms with Crippen molar-refractivity contribution in [1.29, 1.82) is 0 Å². The summed E-state index contributed by atoms with van der Waals surface area (Å²) in [4.78, 5) is 12.6. The van der Waals surface area contributed by atoms with E-state index in [4.69, 9.17) is 0 Å². The van der Waals surface area contributed by atoms with Gasteiger partial charge < -0.3 is 10.2 Å². The van der Waals surface area contributed by atoms with Gasteiger partial charge in [0.1, 0.15) is 6.54 Å². The van der Waals surface area contributed by atoms with Crippen LogP contribution < -0.4 is 5.32 Å². The number of nitrogens with zero attached hydrogens (tertiary/aromatic N) is 1. The van der Waals surface area contributed by atoms with Crippen LogP contribution in [-0.4, -0.2) is 42.7 Å². The third-order valence-corrected chi connectivity index (χ3v) is 3.22. The quantitative estimate of drug-likeness (QED) is 0.828. The summed E-state index contributed by atoms with van der Waals surface area (Å²) in [7, 11) is 0. The van der Waals surface area contributed by atoms with E-state index in [-0.39, 0.29) is 19.0 Å². The molecule has 1 rings (SSSR count). The number of carbonyl (C=O) groups excluding carboxylic acids is 1. The second-order valence-corrected chi connectivity index (χ2v) is 4.71. The van der Waals surface area contributed by atoms with Crippen molar-refractivity contribution >= 4 is 5.91 Å². The summed E-state index contributed by atoms with van der Waals surface area (Å²) in [6, 6.07) is 0.285. The van der Waals surface area contributed by atoms with Crippen LogP contribution in [0.2, 0.25) is 0 Å². The molecule has 1 fully saturated rings. The number of nitrogens with one attached hydrogen (secondary N) is 1. The molecule has 1 amide bonds. The molecule has 1 aliphatic rings. The lowest BCUT2D eigenvalue weighted by atomic mass is 10.0. The lowest BCUT2D eigenvalue weighted by Crippen LogP contribution is -2.40. The Morgan fingerprint density at radius 1 is 1.39 bits per heavy atom. The summed E-state index contributed by atoms with van der Waals surface area (Å²) in [6.45, 7) is 1.48. The Bertz CT molecular complexity index is 263. The lowest BCUT2D eigenvalue weighted by Gasteiger charge is -2.26. The average molecular weight is 266 g/mol. The molecule has 1 N–H and O–H groups in total. The van der Waals surface area contributed by atoms with E-state index < -0.39 is 18.6 Å². The summed E-state index contributed by atoms with van der Waals surface area (Å²) < 4.78 is 36.7. The fraction of sp³-hybridized carbons (Fsp3) is 0.917. The minimum absolute atomic E-state index is 0.108. The van der Waals surface area contributed by atoms with Crippen LogP contribution in [0, 0.1) is 0 Å². The first-order valence-corrected chi connectivity index (χ1v) is 6.50. The summed E-state index contributed by atoms with van der Waals surface area (Å²) in [5.41, 5.74) is 0. The summed E-state index contributed by atoms with van der Waals surface area (Å²) in [5, 5.41) is 3.29. The molecule has 0 aromatic carbocycles. The van der Waals surface area contributed by atoms with E-state index in [1.54, 1.807) is 6.92 Å². The molecule has 1 atom stereocenters. The van der Waals surface area contributed by atoms with Gasteiger partial charge in [0.2, 0.25) is 5.91 Å². The first kappa shape index (κ1) is 15.3. The predicted molar refractivity (Wildman–Crippen MR) is 63.2 cm³/mol. The zero-order chi connectivity index (χ0) is 13.6. The molecule has 3 nitrogen and oxygen atoms in total. The number of alkyl halides is 3. The molecule has 0 saturated carbocycles. The highest BCUT2D eigenvalue weighted by molar-refractivity contribution is 5.76. The maximum atomic E-state index is 12.2. The van der Waals surface area contributed by atoms with Crippen LogP contribution in [0.3, 0.4) is 0 Å². The van der Waals surface area contributed by atoms with Crippen LogP contribution >= 0.6 is 0 Å². The minimum Gasteiger partial charge on any atom is -0.334 e. The molecule has 0 aromatic rings. The van der Waals surface area contributed by atoms with E-state index in [0.717, 1.165) is 30.7 Å². The molecule has 0 bridgehead atoms. The number of hydrogen-bond donors (Lipinski definition) is 1. The zero-order valence-electron chi connectivity index (χ0n) is 10.7. The van der Waals surface area contributed by atoms with Gasteiger partial charge in [0.25, 0.3) is 0 Å². The highest BCUT2D eigenvalue weighted by Crippen LogP contribution is 2.18. The standard InChI is InChI=1S/C12H21F3N2O/c1-2-17(9-12(13,14)15)11(18)7-6-10-5-3-4-8-16-10/h10,16H,2-9H2,1H3. The molecule has 18 heavy (non-hydrogen) atoms.